The van der Waals surface area contributed by atoms with E-state index in [2.05, 4.69) is 82.3 Å². The van der Waals surface area contributed by atoms with Crippen LogP contribution in [0.4, 0.5) is 0 Å². The van der Waals surface area contributed by atoms with E-state index in [1.807, 2.05) is 78.2 Å². The standard InChI is InChI=1S/C43H24N6S2/c1-3-12-25(13-4-1)40-46-41(26-14-5-2-6-15-26)48-42(47-40)27-16-11-17-28(22-27)49-32-20-9-7-18-29(32)34-35-31-23-44-24-45-43(31)51-38(35)39-36(37(34)49)30-19-8-10-21-33(30)50-39/h1-24H. The fourth-order valence-electron chi connectivity index (χ4n) is 7.41. The fraction of sp³-hybridized carbons (Fsp3) is 0. The molecule has 0 atom stereocenters. The van der Waals surface area contributed by atoms with Crippen LogP contribution in [0, 0.1) is 0 Å². The van der Waals surface area contributed by atoms with Crippen molar-refractivity contribution < 1.29 is 0 Å². The average Bonchev–Trinajstić information content (AvgIpc) is 3.88. The molecule has 5 heterocycles. The van der Waals surface area contributed by atoms with Gasteiger partial charge in [-0.15, -0.1) is 22.7 Å². The van der Waals surface area contributed by atoms with E-state index in [9.17, 15) is 0 Å². The second-order valence-electron chi connectivity index (χ2n) is 12.5. The number of hydrogen-bond acceptors (Lipinski definition) is 7. The minimum Gasteiger partial charge on any atom is -0.309 e. The third kappa shape index (κ3) is 4.30. The molecule has 0 spiro atoms. The first-order chi connectivity index (χ1) is 25.3. The van der Waals surface area contributed by atoms with Crippen LogP contribution in [0.5, 0.6) is 0 Å². The molecule has 0 bridgehead atoms. The van der Waals surface area contributed by atoms with E-state index in [1.54, 1.807) is 17.7 Å². The summed E-state index contributed by atoms with van der Waals surface area (Å²) in [6, 6.07) is 46.3. The number of fused-ring (bicyclic) bond motifs is 12. The Bertz CT molecular complexity index is 3090. The Labute approximate surface area is 299 Å². The van der Waals surface area contributed by atoms with E-state index in [1.165, 1.54) is 46.5 Å². The second-order valence-corrected chi connectivity index (χ2v) is 14.6. The van der Waals surface area contributed by atoms with E-state index in [0.29, 0.717) is 17.5 Å². The van der Waals surface area contributed by atoms with Crippen molar-refractivity contribution in [3.63, 3.8) is 0 Å². The van der Waals surface area contributed by atoms with Crippen molar-refractivity contribution in [1.29, 1.82) is 0 Å². The summed E-state index contributed by atoms with van der Waals surface area (Å²) < 4.78 is 6.24. The minimum atomic E-state index is 0.625. The Morgan fingerprint density at radius 1 is 0.490 bits per heavy atom. The van der Waals surface area contributed by atoms with Gasteiger partial charge in [0, 0.05) is 65.6 Å². The highest BCUT2D eigenvalue weighted by Crippen LogP contribution is 2.51. The molecule has 51 heavy (non-hydrogen) atoms. The monoisotopic (exact) mass is 688 g/mol. The van der Waals surface area contributed by atoms with Gasteiger partial charge in [0.05, 0.1) is 20.4 Å². The molecule has 238 valence electrons. The molecule has 0 amide bonds. The van der Waals surface area contributed by atoms with Crippen molar-refractivity contribution in [2.75, 3.05) is 0 Å². The van der Waals surface area contributed by atoms with E-state index < -0.39 is 0 Å². The molecule has 11 rings (SSSR count). The van der Waals surface area contributed by atoms with Gasteiger partial charge in [-0.2, -0.15) is 0 Å². The van der Waals surface area contributed by atoms with E-state index >= 15 is 0 Å². The number of thiophene rings is 2. The van der Waals surface area contributed by atoms with Gasteiger partial charge in [0.1, 0.15) is 11.2 Å². The molecule has 0 N–H and O–H groups in total. The van der Waals surface area contributed by atoms with Gasteiger partial charge in [0.15, 0.2) is 17.5 Å². The Balaban J connectivity index is 1.24. The van der Waals surface area contributed by atoms with Crippen LogP contribution in [0.1, 0.15) is 0 Å². The van der Waals surface area contributed by atoms with Gasteiger partial charge in [-0.3, -0.25) is 0 Å². The molecule has 0 saturated heterocycles. The van der Waals surface area contributed by atoms with Crippen molar-refractivity contribution in [1.82, 2.24) is 29.5 Å². The summed E-state index contributed by atoms with van der Waals surface area (Å²) in [5, 5.41) is 7.24. The summed E-state index contributed by atoms with van der Waals surface area (Å²) in [5.74, 6) is 1.91. The van der Waals surface area contributed by atoms with Crippen molar-refractivity contribution in [3.8, 4) is 39.9 Å². The maximum atomic E-state index is 5.05. The van der Waals surface area contributed by atoms with Crippen LogP contribution in [0.3, 0.4) is 0 Å². The molecule has 0 aliphatic heterocycles. The van der Waals surface area contributed by atoms with Gasteiger partial charge in [-0.1, -0.05) is 109 Å². The molecule has 0 saturated carbocycles. The van der Waals surface area contributed by atoms with Crippen LogP contribution in [0.2, 0.25) is 0 Å². The molecule has 0 unspecified atom stereocenters. The smallest absolute Gasteiger partial charge is 0.164 e. The van der Waals surface area contributed by atoms with E-state index in [-0.39, 0.29) is 0 Å². The molecule has 5 aromatic heterocycles. The van der Waals surface area contributed by atoms with Gasteiger partial charge >= 0.3 is 0 Å². The first-order valence-electron chi connectivity index (χ1n) is 16.7. The Morgan fingerprint density at radius 2 is 1.12 bits per heavy atom. The lowest BCUT2D eigenvalue weighted by Crippen LogP contribution is -2.01. The highest BCUT2D eigenvalue weighted by molar-refractivity contribution is 7.33. The number of hydrogen-bond donors (Lipinski definition) is 0. The lowest BCUT2D eigenvalue weighted by molar-refractivity contribution is 1.07. The van der Waals surface area contributed by atoms with Crippen LogP contribution < -0.4 is 0 Å². The SMILES string of the molecule is c1ccc(-c2nc(-c3ccccc3)nc(-c3cccc(-n4c5ccccc5c5c6c7cncnc7sc6c6sc7ccccc7c6c54)c3)n2)cc1. The zero-order valence-corrected chi connectivity index (χ0v) is 28.5. The van der Waals surface area contributed by atoms with Gasteiger partial charge in [0.25, 0.3) is 0 Å². The van der Waals surface area contributed by atoms with Gasteiger partial charge < -0.3 is 4.57 Å². The van der Waals surface area contributed by atoms with Gasteiger partial charge in [0.2, 0.25) is 0 Å². The van der Waals surface area contributed by atoms with Gasteiger partial charge in [-0.05, 0) is 24.3 Å². The van der Waals surface area contributed by atoms with E-state index in [4.69, 9.17) is 19.9 Å². The summed E-state index contributed by atoms with van der Waals surface area (Å²) in [4.78, 5) is 25.2. The van der Waals surface area contributed by atoms with Crippen molar-refractivity contribution in [2.24, 2.45) is 0 Å². The van der Waals surface area contributed by atoms with Crippen LogP contribution in [-0.2, 0) is 0 Å². The fourth-order valence-corrected chi connectivity index (χ4v) is 9.88. The lowest BCUT2D eigenvalue weighted by atomic mass is 10.0. The zero-order chi connectivity index (χ0) is 33.5. The summed E-state index contributed by atoms with van der Waals surface area (Å²) in [7, 11) is 0. The molecule has 8 heteroatoms. The molecular formula is C43H24N6S2. The molecule has 0 aliphatic carbocycles. The Morgan fingerprint density at radius 3 is 1.88 bits per heavy atom. The molecule has 0 aliphatic rings. The first kappa shape index (κ1) is 28.5. The van der Waals surface area contributed by atoms with Crippen molar-refractivity contribution in [3.05, 3.63) is 146 Å². The van der Waals surface area contributed by atoms with Crippen molar-refractivity contribution in [2.45, 2.75) is 0 Å². The normalized spacial score (nSPS) is 11.9. The highest BCUT2D eigenvalue weighted by Gasteiger charge is 2.25. The summed E-state index contributed by atoms with van der Waals surface area (Å²) >= 11 is 3.62. The number of rotatable bonds is 4. The third-order valence-electron chi connectivity index (χ3n) is 9.60. The number of para-hydroxylation sites is 1. The highest BCUT2D eigenvalue weighted by atomic mass is 32.1. The van der Waals surface area contributed by atoms with E-state index in [0.717, 1.165) is 38.1 Å². The molecule has 0 fully saturated rings. The summed E-state index contributed by atoms with van der Waals surface area (Å²) in [6.07, 6.45) is 3.63. The van der Waals surface area contributed by atoms with Crippen LogP contribution >= 0.6 is 22.7 Å². The predicted molar refractivity (Wildman–Crippen MR) is 212 cm³/mol. The van der Waals surface area contributed by atoms with Crippen LogP contribution in [0.25, 0.3) is 102 Å². The summed E-state index contributed by atoms with van der Waals surface area (Å²) in [6.45, 7) is 0. The lowest BCUT2D eigenvalue weighted by Gasteiger charge is -2.12. The van der Waals surface area contributed by atoms with Crippen LogP contribution in [-0.4, -0.2) is 29.5 Å². The molecular weight excluding hydrogens is 665 g/mol. The number of nitrogens with zero attached hydrogens (tertiary/aromatic N) is 6. The maximum Gasteiger partial charge on any atom is 0.164 e. The second kappa shape index (κ2) is 11.1. The van der Waals surface area contributed by atoms with Gasteiger partial charge in [-0.25, -0.2) is 24.9 Å². The zero-order valence-electron chi connectivity index (χ0n) is 26.9. The molecule has 0 radical (unpaired) electrons. The summed E-state index contributed by atoms with van der Waals surface area (Å²) in [5.41, 5.74) is 6.16. The van der Waals surface area contributed by atoms with Crippen molar-refractivity contribution >= 4 is 85.0 Å². The third-order valence-corrected chi connectivity index (χ3v) is 12.0. The Kier molecular flexibility index (Phi) is 6.19. The molecule has 11 aromatic rings. The quantitative estimate of drug-likeness (QED) is 0.184. The average molecular weight is 689 g/mol. The largest absolute Gasteiger partial charge is 0.309 e. The molecule has 6 nitrogen and oxygen atoms in total. The Hall–Kier alpha value is -6.35. The topological polar surface area (TPSA) is 69.4 Å². The molecule has 6 aromatic carbocycles. The van der Waals surface area contributed by atoms with Crippen LogP contribution in [0.15, 0.2) is 146 Å². The minimum absolute atomic E-state index is 0.625. The number of aromatic nitrogens is 6. The first-order valence-corrected chi connectivity index (χ1v) is 18.3. The number of benzene rings is 6. The predicted octanol–water partition coefficient (Wildman–Crippen LogP) is 11.5. The maximum absolute atomic E-state index is 5.05.